The van der Waals surface area contributed by atoms with Gasteiger partial charge in [0.2, 0.25) is 5.91 Å². The van der Waals surface area contributed by atoms with Crippen molar-refractivity contribution in [3.8, 4) is 0 Å². The smallest absolute Gasteiger partial charge is 0.239 e. The van der Waals surface area contributed by atoms with E-state index < -0.39 is 11.9 Å². The Morgan fingerprint density at radius 1 is 1.63 bits per heavy atom. The highest BCUT2D eigenvalue weighted by Crippen LogP contribution is 2.18. The number of azide groups is 1. The maximum Gasteiger partial charge on any atom is 0.239 e. The number of amides is 1. The van der Waals surface area contributed by atoms with E-state index in [2.05, 4.69) is 15.3 Å². The summed E-state index contributed by atoms with van der Waals surface area (Å²) in [5, 5.41) is 6.36. The number of aryl methyl sites for hydroxylation is 1. The van der Waals surface area contributed by atoms with E-state index in [1.807, 2.05) is 0 Å². The zero-order chi connectivity index (χ0) is 14.3. The van der Waals surface area contributed by atoms with E-state index in [1.165, 1.54) is 12.1 Å². The van der Waals surface area contributed by atoms with Gasteiger partial charge in [-0.05, 0) is 48.7 Å². The van der Waals surface area contributed by atoms with Gasteiger partial charge in [-0.3, -0.25) is 4.79 Å². The minimum absolute atomic E-state index is 0.345. The highest BCUT2D eigenvalue weighted by Gasteiger charge is 2.18. The Labute approximate surface area is 110 Å². The summed E-state index contributed by atoms with van der Waals surface area (Å²) in [6.45, 7) is 2.54. The Morgan fingerprint density at radius 2 is 2.37 bits per heavy atom. The molecule has 0 aliphatic rings. The van der Waals surface area contributed by atoms with E-state index in [4.69, 9.17) is 11.3 Å². The third-order valence-corrected chi connectivity index (χ3v) is 2.67. The van der Waals surface area contributed by atoms with Crippen LogP contribution in [0.4, 0.5) is 4.39 Å². The fraction of sp³-hybridized carbons (Fsp3) is 0.417. The van der Waals surface area contributed by atoms with Crippen molar-refractivity contribution in [2.24, 2.45) is 10.8 Å². The summed E-state index contributed by atoms with van der Waals surface area (Å²) in [6.07, 6.45) is 0.591. The predicted molar refractivity (Wildman–Crippen MR) is 69.7 cm³/mol. The molecule has 0 fully saturated rings. The van der Waals surface area contributed by atoms with Crippen LogP contribution < -0.4 is 11.1 Å². The van der Waals surface area contributed by atoms with Gasteiger partial charge in [0.25, 0.3) is 0 Å². The fourth-order valence-electron chi connectivity index (χ4n) is 1.77. The van der Waals surface area contributed by atoms with Crippen LogP contribution in [0.2, 0.25) is 0 Å². The molecule has 7 heteroatoms. The van der Waals surface area contributed by atoms with Crippen LogP contribution in [0.3, 0.4) is 0 Å². The number of nitrogens with one attached hydrogen (secondary N) is 1. The number of nitrogens with zero attached hydrogens (tertiary/aromatic N) is 3. The molecule has 0 aliphatic heterocycles. The summed E-state index contributed by atoms with van der Waals surface area (Å²) in [6, 6.07) is 3.51. The maximum absolute atomic E-state index is 13.0. The second-order valence-electron chi connectivity index (χ2n) is 4.10. The Hall–Kier alpha value is -2.11. The number of primary amides is 1. The zero-order valence-corrected chi connectivity index (χ0v) is 10.6. The van der Waals surface area contributed by atoms with E-state index in [1.54, 1.807) is 13.0 Å². The lowest BCUT2D eigenvalue weighted by molar-refractivity contribution is -0.120. The topological polar surface area (TPSA) is 104 Å². The van der Waals surface area contributed by atoms with Crippen molar-refractivity contribution in [1.29, 1.82) is 0 Å². The van der Waals surface area contributed by atoms with Gasteiger partial charge in [0, 0.05) is 11.5 Å². The average Bonchev–Trinajstić information content (AvgIpc) is 2.35. The molecule has 1 amide bonds. The van der Waals surface area contributed by atoms with Gasteiger partial charge in [0.1, 0.15) is 11.9 Å². The van der Waals surface area contributed by atoms with Gasteiger partial charge in [-0.15, -0.1) is 0 Å². The standard InChI is InChI=1S/C12H16FN5O/c1-8-7-9(13)3-4-10(8)11(12(14)19)16-5-2-6-17-18-15/h3-4,7,11,16H,2,5-6H2,1H3,(H2,14,19). The quantitative estimate of drug-likeness (QED) is 0.340. The van der Waals surface area contributed by atoms with E-state index in [-0.39, 0.29) is 5.82 Å². The summed E-state index contributed by atoms with van der Waals surface area (Å²) in [5.41, 5.74) is 14.8. The first kappa shape index (κ1) is 14.9. The van der Waals surface area contributed by atoms with Crippen LogP contribution in [0.25, 0.3) is 10.4 Å². The first-order chi connectivity index (χ1) is 9.06. The van der Waals surface area contributed by atoms with E-state index >= 15 is 0 Å². The normalized spacial score (nSPS) is 11.7. The van der Waals surface area contributed by atoms with Gasteiger partial charge < -0.3 is 11.1 Å². The molecule has 0 radical (unpaired) electrons. The summed E-state index contributed by atoms with van der Waals surface area (Å²) >= 11 is 0. The van der Waals surface area contributed by atoms with Crippen molar-refractivity contribution in [1.82, 2.24) is 5.32 Å². The molecule has 0 saturated carbocycles. The fourth-order valence-corrected chi connectivity index (χ4v) is 1.77. The van der Waals surface area contributed by atoms with Crippen LogP contribution in [-0.4, -0.2) is 19.0 Å². The molecule has 0 bridgehead atoms. The largest absolute Gasteiger partial charge is 0.368 e. The monoisotopic (exact) mass is 265 g/mol. The van der Waals surface area contributed by atoms with Crippen molar-refractivity contribution >= 4 is 5.91 Å². The molecule has 6 nitrogen and oxygen atoms in total. The maximum atomic E-state index is 13.0. The first-order valence-corrected chi connectivity index (χ1v) is 5.86. The molecular formula is C12H16FN5O. The summed E-state index contributed by atoms with van der Waals surface area (Å²) in [7, 11) is 0. The summed E-state index contributed by atoms with van der Waals surface area (Å²) in [5.74, 6) is -0.883. The van der Waals surface area contributed by atoms with Crippen molar-refractivity contribution < 1.29 is 9.18 Å². The van der Waals surface area contributed by atoms with E-state index in [0.29, 0.717) is 30.6 Å². The average molecular weight is 265 g/mol. The molecule has 0 heterocycles. The van der Waals surface area contributed by atoms with Crippen molar-refractivity contribution in [2.75, 3.05) is 13.1 Å². The Balaban J connectivity index is 2.71. The Kier molecular flexibility index (Phi) is 5.78. The number of carbonyl (C=O) groups is 1. The van der Waals surface area contributed by atoms with Crippen LogP contribution in [-0.2, 0) is 4.79 Å². The molecule has 0 spiro atoms. The molecule has 1 aromatic rings. The van der Waals surface area contributed by atoms with Gasteiger partial charge in [-0.2, -0.15) is 0 Å². The molecule has 3 N–H and O–H groups in total. The highest BCUT2D eigenvalue weighted by atomic mass is 19.1. The van der Waals surface area contributed by atoms with E-state index in [9.17, 15) is 9.18 Å². The molecule has 1 atom stereocenters. The SMILES string of the molecule is Cc1cc(F)ccc1C(NCCCN=[N+]=[N-])C(N)=O. The molecule has 0 aromatic heterocycles. The number of benzene rings is 1. The second-order valence-corrected chi connectivity index (χ2v) is 4.10. The molecule has 102 valence electrons. The zero-order valence-electron chi connectivity index (χ0n) is 10.6. The van der Waals surface area contributed by atoms with Crippen LogP contribution in [0.15, 0.2) is 23.3 Å². The third-order valence-electron chi connectivity index (χ3n) is 2.67. The number of hydrogen-bond donors (Lipinski definition) is 2. The van der Waals surface area contributed by atoms with Crippen molar-refractivity contribution in [2.45, 2.75) is 19.4 Å². The highest BCUT2D eigenvalue weighted by molar-refractivity contribution is 5.81. The number of carbonyl (C=O) groups excluding carboxylic acids is 1. The van der Waals surface area contributed by atoms with Crippen LogP contribution in [0.1, 0.15) is 23.6 Å². The second kappa shape index (κ2) is 7.35. The molecule has 19 heavy (non-hydrogen) atoms. The summed E-state index contributed by atoms with van der Waals surface area (Å²) < 4.78 is 13.0. The van der Waals surface area contributed by atoms with Gasteiger partial charge in [-0.1, -0.05) is 11.2 Å². The number of nitrogens with two attached hydrogens (primary N) is 1. The van der Waals surface area contributed by atoms with Gasteiger partial charge in [0.05, 0.1) is 0 Å². The Bertz CT molecular complexity index is 499. The number of halogens is 1. The van der Waals surface area contributed by atoms with Crippen LogP contribution in [0.5, 0.6) is 0 Å². The lowest BCUT2D eigenvalue weighted by Crippen LogP contribution is -2.34. The third kappa shape index (κ3) is 4.57. The number of rotatable bonds is 7. The van der Waals surface area contributed by atoms with Crippen molar-refractivity contribution in [3.05, 3.63) is 45.6 Å². The van der Waals surface area contributed by atoms with Gasteiger partial charge in [-0.25, -0.2) is 4.39 Å². The molecule has 0 saturated heterocycles. The van der Waals surface area contributed by atoms with Crippen LogP contribution in [0, 0.1) is 12.7 Å². The first-order valence-electron chi connectivity index (χ1n) is 5.86. The van der Waals surface area contributed by atoms with Crippen molar-refractivity contribution in [3.63, 3.8) is 0 Å². The minimum Gasteiger partial charge on any atom is -0.368 e. The van der Waals surface area contributed by atoms with Gasteiger partial charge >= 0.3 is 0 Å². The van der Waals surface area contributed by atoms with Crippen LogP contribution >= 0.6 is 0 Å². The lowest BCUT2D eigenvalue weighted by atomic mass is 10.0. The summed E-state index contributed by atoms with van der Waals surface area (Å²) in [4.78, 5) is 14.1. The molecule has 0 aliphatic carbocycles. The molecule has 1 aromatic carbocycles. The molecule has 1 rings (SSSR count). The minimum atomic E-state index is -0.674. The number of hydrogen-bond acceptors (Lipinski definition) is 3. The Morgan fingerprint density at radius 3 is 2.95 bits per heavy atom. The molecular weight excluding hydrogens is 249 g/mol. The molecule has 1 unspecified atom stereocenters. The van der Waals surface area contributed by atoms with E-state index in [0.717, 1.165) is 0 Å². The van der Waals surface area contributed by atoms with Gasteiger partial charge in [0.15, 0.2) is 0 Å². The lowest BCUT2D eigenvalue weighted by Gasteiger charge is -2.17. The predicted octanol–water partition coefficient (Wildman–Crippen LogP) is 1.95.